The number of esters is 1. The third-order valence-corrected chi connectivity index (χ3v) is 3.51. The summed E-state index contributed by atoms with van der Waals surface area (Å²) in [6.45, 7) is 2.36. The molecule has 1 aromatic carbocycles. The van der Waals surface area contributed by atoms with Gasteiger partial charge >= 0.3 is 35.5 Å². The van der Waals surface area contributed by atoms with Crippen LogP contribution in [0, 0.1) is 0 Å². The van der Waals surface area contributed by atoms with Gasteiger partial charge in [-0.2, -0.15) is 0 Å². The van der Waals surface area contributed by atoms with Crippen molar-refractivity contribution in [3.05, 3.63) is 23.8 Å². The number of hydrogen-bond donors (Lipinski definition) is 1. The van der Waals surface area contributed by atoms with Gasteiger partial charge in [0.2, 0.25) is 0 Å². The molecule has 2 aromatic rings. The van der Waals surface area contributed by atoms with Crippen LogP contribution in [0.4, 0.5) is 5.13 Å². The fourth-order valence-corrected chi connectivity index (χ4v) is 2.82. The second-order valence-electron chi connectivity index (χ2n) is 3.72. The molecule has 0 spiro atoms. The average molecular weight is 334 g/mol. The minimum Gasteiger partial charge on any atom is -0.462 e. The quantitative estimate of drug-likeness (QED) is 0.371. The van der Waals surface area contributed by atoms with E-state index in [0.717, 1.165) is 16.6 Å². The molecule has 0 bridgehead atoms. The Morgan fingerprint density at radius 3 is 2.95 bits per heavy atom. The number of carbonyl (C=O) groups is 1. The van der Waals surface area contributed by atoms with Crippen LogP contribution in [0.1, 0.15) is 23.7 Å². The molecule has 0 saturated heterocycles. The molecule has 1 N–H and O–H groups in total. The van der Waals surface area contributed by atoms with Crippen LogP contribution >= 0.6 is 23.6 Å². The molecule has 0 aliphatic carbocycles. The summed E-state index contributed by atoms with van der Waals surface area (Å²) in [4.78, 5) is 16.3. The first-order valence-corrected chi connectivity index (χ1v) is 7.29. The van der Waals surface area contributed by atoms with E-state index in [9.17, 15) is 4.79 Å². The van der Waals surface area contributed by atoms with E-state index in [1.807, 2.05) is 13.0 Å². The third-order valence-electron chi connectivity index (χ3n) is 2.28. The molecule has 0 fully saturated rings. The summed E-state index contributed by atoms with van der Waals surface area (Å²) in [5.74, 6) is -0.330. The van der Waals surface area contributed by atoms with E-state index in [2.05, 4.69) is 10.3 Å². The molecule has 1 aromatic heterocycles. The number of fused-ring (bicyclic) bond motifs is 1. The van der Waals surface area contributed by atoms with Gasteiger partial charge in [0.1, 0.15) is 0 Å². The maximum atomic E-state index is 11.9. The Bertz CT molecular complexity index is 630. The van der Waals surface area contributed by atoms with E-state index >= 15 is 0 Å². The smallest absolute Gasteiger partial charge is 0.462 e. The summed E-state index contributed by atoms with van der Waals surface area (Å²) in [6, 6.07) is 5.34. The van der Waals surface area contributed by atoms with E-state index < -0.39 is 0 Å². The van der Waals surface area contributed by atoms with Crippen molar-refractivity contribution in [2.75, 3.05) is 11.9 Å². The number of benzene rings is 1. The van der Waals surface area contributed by atoms with E-state index in [1.54, 1.807) is 12.1 Å². The average Bonchev–Trinajstić information content (AvgIpc) is 2.76. The number of thiazole rings is 1. The number of aromatic nitrogens is 1. The fourth-order valence-electron chi connectivity index (χ4n) is 1.52. The van der Waals surface area contributed by atoms with Crippen LogP contribution in [0.15, 0.2) is 18.2 Å². The number of hydrogen-bond acceptors (Lipinski definition) is 6. The minimum atomic E-state index is -0.330. The van der Waals surface area contributed by atoms with Crippen molar-refractivity contribution < 1.29 is 39.1 Å². The van der Waals surface area contributed by atoms with Gasteiger partial charge in [-0.05, 0) is 18.6 Å². The molecule has 8 heteroatoms. The molecule has 2 rings (SSSR count). The first-order valence-electron chi connectivity index (χ1n) is 5.66. The molecule has 1 heterocycles. The number of anilines is 1. The van der Waals surface area contributed by atoms with Crippen LogP contribution in [0.2, 0.25) is 0 Å². The molecule has 100 valence electrons. The van der Waals surface area contributed by atoms with Crippen LogP contribution < -0.4 is 34.9 Å². The van der Waals surface area contributed by atoms with Crippen molar-refractivity contribution in [1.29, 1.82) is 0 Å². The summed E-state index contributed by atoms with van der Waals surface area (Å²) >= 11 is 10.9. The van der Waals surface area contributed by atoms with Gasteiger partial charge in [-0.25, -0.2) is 9.78 Å². The van der Waals surface area contributed by atoms with Gasteiger partial charge in [0.25, 0.3) is 0 Å². The van der Waals surface area contributed by atoms with Crippen molar-refractivity contribution in [3.63, 3.8) is 0 Å². The van der Waals surface area contributed by atoms with Gasteiger partial charge in [0, 0.05) is 0 Å². The second-order valence-corrected chi connectivity index (χ2v) is 5.80. The second kappa shape index (κ2) is 8.21. The topological polar surface area (TPSA) is 51.2 Å². The van der Waals surface area contributed by atoms with Crippen molar-refractivity contribution in [2.24, 2.45) is 0 Å². The Hall–Kier alpha value is -0.310. The number of ether oxygens (including phenoxy) is 1. The number of nitrogens with one attached hydrogen (secondary N) is 1. The largest absolute Gasteiger partial charge is 1.00 e. The first-order chi connectivity index (χ1) is 9.11. The SMILES string of the molecule is CCCOC(=O)c1cccc2nc(NC(=S)[S-])sc12.[Na+]. The van der Waals surface area contributed by atoms with Gasteiger partial charge in [-0.3, -0.25) is 0 Å². The van der Waals surface area contributed by atoms with E-state index in [0.29, 0.717) is 17.3 Å². The Labute approximate surface area is 154 Å². The zero-order chi connectivity index (χ0) is 13.8. The van der Waals surface area contributed by atoms with Crippen molar-refractivity contribution in [3.8, 4) is 0 Å². The Morgan fingerprint density at radius 2 is 2.30 bits per heavy atom. The number of rotatable bonds is 4. The van der Waals surface area contributed by atoms with Crippen LogP contribution in [0.3, 0.4) is 0 Å². The molecule has 0 unspecified atom stereocenters. The van der Waals surface area contributed by atoms with E-state index in [-0.39, 0.29) is 39.8 Å². The van der Waals surface area contributed by atoms with Gasteiger partial charge in [0.05, 0.1) is 22.4 Å². The van der Waals surface area contributed by atoms with Crippen molar-refractivity contribution in [1.82, 2.24) is 4.98 Å². The summed E-state index contributed by atoms with van der Waals surface area (Å²) < 4.78 is 6.15. The zero-order valence-electron chi connectivity index (χ0n) is 11.1. The van der Waals surface area contributed by atoms with E-state index in [4.69, 9.17) is 29.6 Å². The van der Waals surface area contributed by atoms with Crippen LogP contribution in [0.5, 0.6) is 0 Å². The maximum absolute atomic E-state index is 11.9. The van der Waals surface area contributed by atoms with Crippen molar-refractivity contribution in [2.45, 2.75) is 13.3 Å². The Morgan fingerprint density at radius 1 is 1.55 bits per heavy atom. The first kappa shape index (κ1) is 17.7. The van der Waals surface area contributed by atoms with Crippen molar-refractivity contribution >= 4 is 61.8 Å². The zero-order valence-corrected chi connectivity index (χ0v) is 15.6. The van der Waals surface area contributed by atoms with Gasteiger partial charge in [0.15, 0.2) is 5.13 Å². The van der Waals surface area contributed by atoms with Crippen LogP contribution in [-0.2, 0) is 17.4 Å². The number of carbonyl (C=O) groups excluding carboxylic acids is 1. The van der Waals surface area contributed by atoms with Crippen LogP contribution in [-0.4, -0.2) is 21.9 Å². The summed E-state index contributed by atoms with van der Waals surface area (Å²) in [6.07, 6.45) is 0.793. The Kier molecular flexibility index (Phi) is 7.28. The molecule has 4 nitrogen and oxygen atoms in total. The minimum absolute atomic E-state index is 0. The molecule has 0 radical (unpaired) electrons. The maximum Gasteiger partial charge on any atom is 1.00 e. The summed E-state index contributed by atoms with van der Waals surface area (Å²) in [5.41, 5.74) is 1.25. The van der Waals surface area contributed by atoms with Gasteiger partial charge in [-0.1, -0.05) is 28.6 Å². The van der Waals surface area contributed by atoms with Gasteiger partial charge < -0.3 is 34.9 Å². The number of thiocarbonyl (C=S) groups is 1. The fraction of sp³-hybridized carbons (Fsp3) is 0.250. The number of nitrogens with zero attached hydrogens (tertiary/aromatic N) is 1. The van der Waals surface area contributed by atoms with E-state index in [1.165, 1.54) is 11.3 Å². The predicted molar refractivity (Wildman–Crippen MR) is 83.8 cm³/mol. The predicted octanol–water partition coefficient (Wildman–Crippen LogP) is 0.111. The molecule has 0 saturated carbocycles. The van der Waals surface area contributed by atoms with Gasteiger partial charge in [-0.15, -0.1) is 0 Å². The molecular weight excluding hydrogens is 323 g/mol. The molecular formula is C12H11N2NaO2S3. The van der Waals surface area contributed by atoms with Crippen LogP contribution in [0.25, 0.3) is 10.2 Å². The molecule has 0 aliphatic heterocycles. The molecule has 0 aliphatic rings. The molecule has 20 heavy (non-hydrogen) atoms. The molecule has 0 atom stereocenters. The third kappa shape index (κ3) is 4.34. The summed E-state index contributed by atoms with van der Waals surface area (Å²) in [5, 5.41) is 3.39. The standard InChI is InChI=1S/C12H12N2O2S3.Na/c1-2-6-16-10(15)7-4-3-5-8-9(7)19-11(13-8)14-12(17)18;/h3-5H,2,6H2,1H3,(H2,13,14,17,18);/q;+1/p-1. The summed E-state index contributed by atoms with van der Waals surface area (Å²) in [7, 11) is 0. The molecule has 0 amide bonds. The Balaban J connectivity index is 0.00000200. The monoisotopic (exact) mass is 334 g/mol. The normalized spacial score (nSPS) is 9.85.